The Balaban J connectivity index is 2.14. The van der Waals surface area contributed by atoms with E-state index in [0.29, 0.717) is 0 Å². The summed E-state index contributed by atoms with van der Waals surface area (Å²) >= 11 is 0. The summed E-state index contributed by atoms with van der Waals surface area (Å²) in [6.07, 6.45) is 4.44. The van der Waals surface area contributed by atoms with Gasteiger partial charge in [-0.05, 0) is 57.2 Å². The van der Waals surface area contributed by atoms with Crippen LogP contribution in [-0.4, -0.2) is 11.4 Å². The Morgan fingerprint density at radius 3 is 2.32 bits per heavy atom. The topological polar surface area (TPSA) is 55.1 Å². The van der Waals surface area contributed by atoms with E-state index in [1.165, 1.54) is 6.42 Å². The SMILES string of the molecule is CCC1(NC(=O)C(C)(C)c2ccc(N)cc2)CCC1. The number of hydrogen-bond acceptors (Lipinski definition) is 2. The first-order valence-corrected chi connectivity index (χ1v) is 7.08. The molecule has 0 spiro atoms. The third-order valence-corrected chi connectivity index (χ3v) is 4.57. The van der Waals surface area contributed by atoms with Crippen LogP contribution in [0.15, 0.2) is 24.3 Å². The molecule has 104 valence electrons. The fourth-order valence-electron chi connectivity index (χ4n) is 2.60. The summed E-state index contributed by atoms with van der Waals surface area (Å²) < 4.78 is 0. The van der Waals surface area contributed by atoms with Crippen molar-refractivity contribution in [3.05, 3.63) is 29.8 Å². The van der Waals surface area contributed by atoms with Gasteiger partial charge in [0.15, 0.2) is 0 Å². The zero-order valence-corrected chi connectivity index (χ0v) is 12.1. The van der Waals surface area contributed by atoms with E-state index >= 15 is 0 Å². The van der Waals surface area contributed by atoms with Crippen LogP contribution in [0.4, 0.5) is 5.69 Å². The standard InChI is InChI=1S/C16H24N2O/c1-4-16(10-5-11-16)18-14(19)15(2,3)12-6-8-13(17)9-7-12/h6-9H,4-5,10-11,17H2,1-3H3,(H,18,19). The van der Waals surface area contributed by atoms with E-state index in [1.54, 1.807) is 0 Å². The summed E-state index contributed by atoms with van der Waals surface area (Å²) in [7, 11) is 0. The maximum Gasteiger partial charge on any atom is 0.230 e. The highest BCUT2D eigenvalue weighted by Crippen LogP contribution is 2.36. The van der Waals surface area contributed by atoms with Crippen LogP contribution in [0.25, 0.3) is 0 Å². The molecule has 2 rings (SSSR count). The second kappa shape index (κ2) is 4.87. The van der Waals surface area contributed by atoms with Crippen LogP contribution >= 0.6 is 0 Å². The Kier molecular flexibility index (Phi) is 3.57. The van der Waals surface area contributed by atoms with Crippen molar-refractivity contribution in [1.29, 1.82) is 0 Å². The van der Waals surface area contributed by atoms with Crippen molar-refractivity contribution in [2.24, 2.45) is 0 Å². The van der Waals surface area contributed by atoms with E-state index in [9.17, 15) is 4.79 Å². The molecule has 0 bridgehead atoms. The summed E-state index contributed by atoms with van der Waals surface area (Å²) in [5.41, 5.74) is 6.95. The lowest BCUT2D eigenvalue weighted by Crippen LogP contribution is -2.57. The van der Waals surface area contributed by atoms with Crippen molar-refractivity contribution in [3.8, 4) is 0 Å². The van der Waals surface area contributed by atoms with Gasteiger partial charge in [0.05, 0.1) is 5.41 Å². The number of benzene rings is 1. The highest BCUT2D eigenvalue weighted by atomic mass is 16.2. The Bertz CT molecular complexity index is 453. The summed E-state index contributed by atoms with van der Waals surface area (Å²) in [6.45, 7) is 6.08. The predicted molar refractivity (Wildman–Crippen MR) is 78.9 cm³/mol. The van der Waals surface area contributed by atoms with E-state index < -0.39 is 5.41 Å². The average molecular weight is 260 g/mol. The number of carbonyl (C=O) groups is 1. The molecule has 1 fully saturated rings. The molecule has 0 atom stereocenters. The molecular formula is C16H24N2O. The summed E-state index contributed by atoms with van der Waals surface area (Å²) in [5, 5.41) is 3.26. The van der Waals surface area contributed by atoms with E-state index in [1.807, 2.05) is 38.1 Å². The van der Waals surface area contributed by atoms with E-state index in [-0.39, 0.29) is 11.4 Å². The molecule has 0 aromatic heterocycles. The number of nitrogens with one attached hydrogen (secondary N) is 1. The number of nitrogen functional groups attached to an aromatic ring is 1. The van der Waals surface area contributed by atoms with Crippen LogP contribution in [0.1, 0.15) is 52.0 Å². The molecule has 0 aliphatic heterocycles. The van der Waals surface area contributed by atoms with Gasteiger partial charge in [0, 0.05) is 11.2 Å². The molecule has 0 radical (unpaired) electrons. The van der Waals surface area contributed by atoms with E-state index in [0.717, 1.165) is 30.5 Å². The Morgan fingerprint density at radius 2 is 1.89 bits per heavy atom. The fourth-order valence-corrected chi connectivity index (χ4v) is 2.60. The molecule has 1 aromatic rings. The first kappa shape index (κ1) is 13.9. The minimum Gasteiger partial charge on any atom is -0.399 e. The molecule has 1 saturated carbocycles. The second-order valence-corrected chi connectivity index (χ2v) is 6.19. The molecule has 0 unspecified atom stereocenters. The molecule has 1 aliphatic rings. The molecule has 3 N–H and O–H groups in total. The third-order valence-electron chi connectivity index (χ3n) is 4.57. The van der Waals surface area contributed by atoms with Gasteiger partial charge in [-0.25, -0.2) is 0 Å². The summed E-state index contributed by atoms with van der Waals surface area (Å²) in [5.74, 6) is 0.110. The lowest BCUT2D eigenvalue weighted by Gasteiger charge is -2.44. The monoisotopic (exact) mass is 260 g/mol. The Morgan fingerprint density at radius 1 is 1.32 bits per heavy atom. The Hall–Kier alpha value is -1.51. The van der Waals surface area contributed by atoms with Gasteiger partial charge in [0.1, 0.15) is 0 Å². The van der Waals surface area contributed by atoms with Gasteiger partial charge in [-0.3, -0.25) is 4.79 Å². The van der Waals surface area contributed by atoms with Gasteiger partial charge >= 0.3 is 0 Å². The van der Waals surface area contributed by atoms with Crippen molar-refractivity contribution >= 4 is 11.6 Å². The highest BCUT2D eigenvalue weighted by molar-refractivity contribution is 5.88. The maximum absolute atomic E-state index is 12.6. The van der Waals surface area contributed by atoms with Crippen LogP contribution in [-0.2, 0) is 10.2 Å². The molecule has 3 nitrogen and oxygen atoms in total. The quantitative estimate of drug-likeness (QED) is 0.818. The van der Waals surface area contributed by atoms with Crippen molar-refractivity contribution in [3.63, 3.8) is 0 Å². The smallest absolute Gasteiger partial charge is 0.230 e. The maximum atomic E-state index is 12.6. The van der Waals surface area contributed by atoms with Crippen LogP contribution in [0, 0.1) is 0 Å². The third kappa shape index (κ3) is 2.60. The second-order valence-electron chi connectivity index (χ2n) is 6.19. The van der Waals surface area contributed by atoms with E-state index in [4.69, 9.17) is 5.73 Å². The Labute approximate surface area is 115 Å². The number of anilines is 1. The van der Waals surface area contributed by atoms with E-state index in [2.05, 4.69) is 12.2 Å². The minimum atomic E-state index is -0.522. The van der Waals surface area contributed by atoms with Gasteiger partial charge in [0.25, 0.3) is 0 Å². The van der Waals surface area contributed by atoms with Gasteiger partial charge in [-0.15, -0.1) is 0 Å². The summed E-state index contributed by atoms with van der Waals surface area (Å²) in [6, 6.07) is 7.58. The number of rotatable bonds is 4. The lowest BCUT2D eigenvalue weighted by atomic mass is 9.73. The van der Waals surface area contributed by atoms with Crippen LogP contribution in [0.2, 0.25) is 0 Å². The first-order valence-electron chi connectivity index (χ1n) is 7.08. The number of hydrogen-bond donors (Lipinski definition) is 2. The molecule has 1 aromatic carbocycles. The molecular weight excluding hydrogens is 236 g/mol. The van der Waals surface area contributed by atoms with Gasteiger partial charge in [0.2, 0.25) is 5.91 Å². The average Bonchev–Trinajstić information content (AvgIpc) is 2.34. The molecule has 0 heterocycles. The normalized spacial score (nSPS) is 17.6. The van der Waals surface area contributed by atoms with Crippen molar-refractivity contribution in [2.75, 3.05) is 5.73 Å². The number of carbonyl (C=O) groups excluding carboxylic acids is 1. The first-order chi connectivity index (χ1) is 8.89. The number of amides is 1. The van der Waals surface area contributed by atoms with Gasteiger partial charge in [-0.2, -0.15) is 0 Å². The zero-order valence-electron chi connectivity index (χ0n) is 12.1. The zero-order chi connectivity index (χ0) is 14.1. The molecule has 1 aliphatic carbocycles. The predicted octanol–water partition coefficient (Wildman–Crippen LogP) is 3.00. The molecule has 0 saturated heterocycles. The number of nitrogens with two attached hydrogens (primary N) is 1. The van der Waals surface area contributed by atoms with Crippen LogP contribution in [0.5, 0.6) is 0 Å². The van der Waals surface area contributed by atoms with Crippen LogP contribution < -0.4 is 11.1 Å². The lowest BCUT2D eigenvalue weighted by molar-refractivity contribution is -0.128. The molecule has 1 amide bonds. The largest absolute Gasteiger partial charge is 0.399 e. The minimum absolute atomic E-state index is 0.0438. The molecule has 19 heavy (non-hydrogen) atoms. The fraction of sp³-hybridized carbons (Fsp3) is 0.562. The van der Waals surface area contributed by atoms with Crippen molar-refractivity contribution < 1.29 is 4.79 Å². The molecule has 3 heteroatoms. The summed E-state index contributed by atoms with van der Waals surface area (Å²) in [4.78, 5) is 12.6. The van der Waals surface area contributed by atoms with Crippen LogP contribution in [0.3, 0.4) is 0 Å². The van der Waals surface area contributed by atoms with Crippen molar-refractivity contribution in [2.45, 2.75) is 57.4 Å². The van der Waals surface area contributed by atoms with Crippen molar-refractivity contribution in [1.82, 2.24) is 5.32 Å². The van der Waals surface area contributed by atoms with Gasteiger partial charge < -0.3 is 11.1 Å². The van der Waals surface area contributed by atoms with Gasteiger partial charge in [-0.1, -0.05) is 19.1 Å². The highest BCUT2D eigenvalue weighted by Gasteiger charge is 2.40.